The topological polar surface area (TPSA) is 47.1 Å². The molecule has 0 amide bonds. The molecular weight excluding hydrogens is 232 g/mol. The Hall–Kier alpha value is -0.520. The average Bonchev–Trinajstić information content (AvgIpc) is 2.75. The van der Waals surface area contributed by atoms with Gasteiger partial charge in [-0.05, 0) is 13.8 Å². The van der Waals surface area contributed by atoms with Crippen molar-refractivity contribution in [1.82, 2.24) is 14.5 Å². The maximum absolute atomic E-state index is 6.13. The first-order valence-electron chi connectivity index (χ1n) is 6.17. The van der Waals surface area contributed by atoms with Gasteiger partial charge in [-0.15, -0.1) is 0 Å². The highest BCUT2D eigenvalue weighted by atomic mass is 32.2. The number of imidazole rings is 1. The predicted octanol–water partition coefficient (Wildman–Crippen LogP) is 1.13. The van der Waals surface area contributed by atoms with Crippen LogP contribution < -0.4 is 5.73 Å². The van der Waals surface area contributed by atoms with Crippen molar-refractivity contribution < 1.29 is 0 Å². The zero-order valence-electron chi connectivity index (χ0n) is 10.7. The van der Waals surface area contributed by atoms with Crippen LogP contribution in [0.3, 0.4) is 0 Å². The molecule has 2 heterocycles. The molecule has 96 valence electrons. The Balaban J connectivity index is 1.92. The van der Waals surface area contributed by atoms with Gasteiger partial charge in [-0.3, -0.25) is 4.90 Å². The Morgan fingerprint density at radius 3 is 2.71 bits per heavy atom. The third kappa shape index (κ3) is 3.47. The van der Waals surface area contributed by atoms with Crippen molar-refractivity contribution in [3.63, 3.8) is 0 Å². The van der Waals surface area contributed by atoms with Gasteiger partial charge in [0, 0.05) is 43.9 Å². The van der Waals surface area contributed by atoms with Gasteiger partial charge in [0.2, 0.25) is 0 Å². The normalized spacial score (nSPS) is 18.5. The van der Waals surface area contributed by atoms with E-state index in [4.69, 9.17) is 5.73 Å². The molecule has 1 aliphatic heterocycles. The van der Waals surface area contributed by atoms with Crippen molar-refractivity contribution in [2.75, 3.05) is 31.1 Å². The first-order chi connectivity index (χ1) is 8.07. The van der Waals surface area contributed by atoms with E-state index < -0.39 is 0 Å². The van der Waals surface area contributed by atoms with Crippen LogP contribution in [0.5, 0.6) is 0 Å². The van der Waals surface area contributed by atoms with Crippen molar-refractivity contribution in [2.45, 2.75) is 25.9 Å². The van der Waals surface area contributed by atoms with Crippen molar-refractivity contribution in [2.24, 2.45) is 5.73 Å². The third-order valence-corrected chi connectivity index (χ3v) is 4.08. The SMILES string of the molecule is CC(C)(N)c1cncn1CCN1CCSCC1. The van der Waals surface area contributed by atoms with E-state index in [0.29, 0.717) is 0 Å². The number of aromatic nitrogens is 2. The number of nitrogens with zero attached hydrogens (tertiary/aromatic N) is 3. The van der Waals surface area contributed by atoms with Gasteiger partial charge in [-0.2, -0.15) is 11.8 Å². The Kier molecular flexibility index (Phi) is 4.12. The molecule has 5 heteroatoms. The molecule has 2 rings (SSSR count). The molecule has 0 atom stereocenters. The standard InChI is InChI=1S/C12H22N4S/c1-12(2,13)11-9-14-10-16(11)4-3-15-5-7-17-8-6-15/h9-10H,3-8,13H2,1-2H3. The summed E-state index contributed by atoms with van der Waals surface area (Å²) in [5.41, 5.74) is 6.94. The largest absolute Gasteiger partial charge is 0.332 e. The number of thioether (sulfide) groups is 1. The zero-order chi connectivity index (χ0) is 12.3. The van der Waals surface area contributed by atoms with Gasteiger partial charge in [0.15, 0.2) is 0 Å². The van der Waals surface area contributed by atoms with E-state index in [2.05, 4.69) is 14.5 Å². The molecule has 4 nitrogen and oxygen atoms in total. The fourth-order valence-electron chi connectivity index (χ4n) is 2.11. The molecule has 17 heavy (non-hydrogen) atoms. The summed E-state index contributed by atoms with van der Waals surface area (Å²) < 4.78 is 2.18. The molecule has 0 aromatic carbocycles. The van der Waals surface area contributed by atoms with Gasteiger partial charge in [0.1, 0.15) is 0 Å². The van der Waals surface area contributed by atoms with Crippen LogP contribution in [0.1, 0.15) is 19.5 Å². The van der Waals surface area contributed by atoms with Crippen LogP contribution in [-0.2, 0) is 12.1 Å². The van der Waals surface area contributed by atoms with E-state index >= 15 is 0 Å². The second kappa shape index (κ2) is 5.42. The van der Waals surface area contributed by atoms with Gasteiger partial charge in [-0.1, -0.05) is 0 Å². The van der Waals surface area contributed by atoms with Crippen molar-refractivity contribution in [1.29, 1.82) is 0 Å². The minimum atomic E-state index is -0.311. The van der Waals surface area contributed by atoms with Crippen LogP contribution in [0.15, 0.2) is 12.5 Å². The van der Waals surface area contributed by atoms with Crippen molar-refractivity contribution in [3.05, 3.63) is 18.2 Å². The van der Waals surface area contributed by atoms with Crippen molar-refractivity contribution in [3.8, 4) is 0 Å². The van der Waals surface area contributed by atoms with Crippen LogP contribution in [0.4, 0.5) is 0 Å². The Labute approximate surface area is 108 Å². The quantitative estimate of drug-likeness (QED) is 0.875. The zero-order valence-corrected chi connectivity index (χ0v) is 11.5. The lowest BCUT2D eigenvalue weighted by molar-refractivity contribution is 0.285. The summed E-state index contributed by atoms with van der Waals surface area (Å²) in [7, 11) is 0. The highest BCUT2D eigenvalue weighted by molar-refractivity contribution is 7.99. The monoisotopic (exact) mass is 254 g/mol. The minimum Gasteiger partial charge on any atom is -0.332 e. The van der Waals surface area contributed by atoms with Gasteiger partial charge in [0.25, 0.3) is 0 Å². The summed E-state index contributed by atoms with van der Waals surface area (Å²) in [5.74, 6) is 2.53. The lowest BCUT2D eigenvalue weighted by atomic mass is 10.0. The Bertz CT molecular complexity index is 350. The van der Waals surface area contributed by atoms with E-state index in [1.165, 1.54) is 24.6 Å². The van der Waals surface area contributed by atoms with Gasteiger partial charge >= 0.3 is 0 Å². The highest BCUT2D eigenvalue weighted by Gasteiger charge is 2.19. The first-order valence-corrected chi connectivity index (χ1v) is 7.32. The summed E-state index contributed by atoms with van der Waals surface area (Å²) in [4.78, 5) is 6.73. The predicted molar refractivity (Wildman–Crippen MR) is 73.2 cm³/mol. The fourth-order valence-corrected chi connectivity index (χ4v) is 3.09. The fraction of sp³-hybridized carbons (Fsp3) is 0.750. The van der Waals surface area contributed by atoms with Gasteiger partial charge in [0.05, 0.1) is 17.6 Å². The number of hydrogen-bond donors (Lipinski definition) is 1. The maximum atomic E-state index is 6.13. The molecule has 1 saturated heterocycles. The molecule has 0 radical (unpaired) electrons. The van der Waals surface area contributed by atoms with Crippen LogP contribution in [0.25, 0.3) is 0 Å². The second-order valence-corrected chi connectivity index (χ2v) is 6.37. The lowest BCUT2D eigenvalue weighted by Crippen LogP contribution is -2.36. The van der Waals surface area contributed by atoms with Crippen molar-refractivity contribution >= 4 is 11.8 Å². The van der Waals surface area contributed by atoms with E-state index in [0.717, 1.165) is 18.8 Å². The minimum absolute atomic E-state index is 0.311. The lowest BCUT2D eigenvalue weighted by Gasteiger charge is -2.27. The molecule has 1 aromatic heterocycles. The first kappa shape index (κ1) is 12.9. The van der Waals surface area contributed by atoms with E-state index in [9.17, 15) is 0 Å². The Morgan fingerprint density at radius 2 is 2.06 bits per heavy atom. The molecule has 2 N–H and O–H groups in total. The van der Waals surface area contributed by atoms with Gasteiger partial charge in [-0.25, -0.2) is 4.98 Å². The maximum Gasteiger partial charge on any atom is 0.0949 e. The molecule has 0 unspecified atom stereocenters. The summed E-state index contributed by atoms with van der Waals surface area (Å²) in [6.45, 7) is 8.55. The number of nitrogens with two attached hydrogens (primary N) is 1. The van der Waals surface area contributed by atoms with Crippen LogP contribution >= 0.6 is 11.8 Å². The molecule has 1 fully saturated rings. The molecule has 1 aliphatic rings. The summed E-state index contributed by atoms with van der Waals surface area (Å²) >= 11 is 2.05. The Morgan fingerprint density at radius 1 is 1.35 bits per heavy atom. The average molecular weight is 254 g/mol. The van der Waals surface area contributed by atoms with E-state index in [-0.39, 0.29) is 5.54 Å². The molecular formula is C12H22N4S. The molecule has 1 aromatic rings. The molecule has 0 spiro atoms. The number of hydrogen-bond acceptors (Lipinski definition) is 4. The molecule has 0 saturated carbocycles. The molecule has 0 aliphatic carbocycles. The van der Waals surface area contributed by atoms with Gasteiger partial charge < -0.3 is 10.3 Å². The summed E-state index contributed by atoms with van der Waals surface area (Å²) in [6.07, 6.45) is 3.77. The highest BCUT2D eigenvalue weighted by Crippen LogP contribution is 2.16. The van der Waals surface area contributed by atoms with Crippen LogP contribution in [0.2, 0.25) is 0 Å². The molecule has 0 bridgehead atoms. The van der Waals surface area contributed by atoms with E-state index in [1.807, 2.05) is 38.1 Å². The second-order valence-electron chi connectivity index (χ2n) is 5.15. The van der Waals surface area contributed by atoms with Crippen LogP contribution in [-0.4, -0.2) is 45.6 Å². The van der Waals surface area contributed by atoms with Crippen LogP contribution in [0, 0.1) is 0 Å². The summed E-state index contributed by atoms with van der Waals surface area (Å²) in [5, 5.41) is 0. The van der Waals surface area contributed by atoms with E-state index in [1.54, 1.807) is 0 Å². The smallest absolute Gasteiger partial charge is 0.0949 e. The third-order valence-electron chi connectivity index (χ3n) is 3.13. The summed E-state index contributed by atoms with van der Waals surface area (Å²) in [6, 6.07) is 0. The number of rotatable bonds is 4.